The molecule has 29 heavy (non-hydrogen) atoms. The van der Waals surface area contributed by atoms with Gasteiger partial charge in [-0.25, -0.2) is 4.98 Å². The summed E-state index contributed by atoms with van der Waals surface area (Å²) >= 11 is 0. The van der Waals surface area contributed by atoms with Crippen LogP contribution >= 0.6 is 0 Å². The van der Waals surface area contributed by atoms with Crippen molar-refractivity contribution in [3.8, 4) is 0 Å². The van der Waals surface area contributed by atoms with Gasteiger partial charge in [0.15, 0.2) is 0 Å². The van der Waals surface area contributed by atoms with Crippen molar-refractivity contribution in [3.05, 3.63) is 24.3 Å². The van der Waals surface area contributed by atoms with Gasteiger partial charge in [0.2, 0.25) is 0 Å². The van der Waals surface area contributed by atoms with Gasteiger partial charge in [0.05, 0.1) is 31.4 Å². The van der Waals surface area contributed by atoms with E-state index < -0.39 is 5.41 Å². The Balaban J connectivity index is 1.53. The number of piperidine rings is 1. The van der Waals surface area contributed by atoms with Crippen LogP contribution in [0.5, 0.6) is 0 Å². The maximum Gasteiger partial charge on any atom is 0.314 e. The van der Waals surface area contributed by atoms with Crippen LogP contribution in [0.3, 0.4) is 0 Å². The number of nitrogens with zero attached hydrogens (tertiary/aromatic N) is 4. The van der Waals surface area contributed by atoms with Gasteiger partial charge >= 0.3 is 5.97 Å². The SMILES string of the molecule is CCOC(=O)[C@@]12CC[C@@H](N3CCOCC3)C[C@H]1CCN(C(=O)c1cnccn1)C2. The fourth-order valence-corrected chi connectivity index (χ4v) is 5.26. The summed E-state index contributed by atoms with van der Waals surface area (Å²) in [5, 5.41) is 0. The van der Waals surface area contributed by atoms with Crippen LogP contribution < -0.4 is 0 Å². The van der Waals surface area contributed by atoms with E-state index in [1.165, 1.54) is 12.4 Å². The van der Waals surface area contributed by atoms with E-state index in [0.29, 0.717) is 31.4 Å². The highest BCUT2D eigenvalue weighted by Crippen LogP contribution is 2.48. The lowest BCUT2D eigenvalue weighted by molar-refractivity contribution is -0.168. The number of hydrogen-bond donors (Lipinski definition) is 0. The van der Waals surface area contributed by atoms with Crippen molar-refractivity contribution >= 4 is 11.9 Å². The van der Waals surface area contributed by atoms with Crippen molar-refractivity contribution in [2.75, 3.05) is 46.0 Å². The number of carbonyl (C=O) groups is 2. The largest absolute Gasteiger partial charge is 0.466 e. The molecule has 3 aliphatic rings. The number of esters is 1. The van der Waals surface area contributed by atoms with Crippen LogP contribution in [-0.2, 0) is 14.3 Å². The molecule has 1 aromatic heterocycles. The van der Waals surface area contributed by atoms with Crippen LogP contribution in [0.4, 0.5) is 0 Å². The second-order valence-electron chi connectivity index (χ2n) is 8.26. The second-order valence-corrected chi connectivity index (χ2v) is 8.26. The molecule has 1 aliphatic carbocycles. The molecule has 3 fully saturated rings. The summed E-state index contributed by atoms with van der Waals surface area (Å²) in [6.07, 6.45) is 8.05. The predicted octanol–water partition coefficient (Wildman–Crippen LogP) is 1.37. The first-order valence-corrected chi connectivity index (χ1v) is 10.7. The molecule has 1 saturated carbocycles. The highest BCUT2D eigenvalue weighted by molar-refractivity contribution is 5.92. The molecule has 8 heteroatoms. The van der Waals surface area contributed by atoms with Crippen LogP contribution in [0.25, 0.3) is 0 Å². The van der Waals surface area contributed by atoms with E-state index in [-0.39, 0.29) is 17.8 Å². The Hall–Kier alpha value is -2.06. The number of rotatable bonds is 4. The first kappa shape index (κ1) is 20.2. The average molecular weight is 402 g/mol. The Labute approximate surface area is 171 Å². The summed E-state index contributed by atoms with van der Waals surface area (Å²) in [7, 11) is 0. The van der Waals surface area contributed by atoms with E-state index in [1.54, 1.807) is 11.1 Å². The van der Waals surface area contributed by atoms with E-state index >= 15 is 0 Å². The number of morpholine rings is 1. The molecular formula is C21H30N4O4. The minimum Gasteiger partial charge on any atom is -0.466 e. The molecule has 8 nitrogen and oxygen atoms in total. The summed E-state index contributed by atoms with van der Waals surface area (Å²) in [4.78, 5) is 38.5. The van der Waals surface area contributed by atoms with Crippen molar-refractivity contribution < 1.29 is 19.1 Å². The van der Waals surface area contributed by atoms with Gasteiger partial charge in [-0.05, 0) is 38.5 Å². The van der Waals surface area contributed by atoms with E-state index in [1.807, 2.05) is 6.92 Å². The third-order valence-electron chi connectivity index (χ3n) is 6.80. The Kier molecular flexibility index (Phi) is 6.10. The number of likely N-dealkylation sites (tertiary alicyclic amines) is 1. The first-order chi connectivity index (χ1) is 14.1. The monoisotopic (exact) mass is 402 g/mol. The Bertz CT molecular complexity index is 725. The van der Waals surface area contributed by atoms with Crippen LogP contribution in [0.15, 0.2) is 18.6 Å². The molecule has 3 atom stereocenters. The van der Waals surface area contributed by atoms with Crippen LogP contribution in [0.2, 0.25) is 0 Å². The lowest BCUT2D eigenvalue weighted by atomic mass is 9.61. The van der Waals surface area contributed by atoms with Crippen molar-refractivity contribution in [1.82, 2.24) is 19.8 Å². The van der Waals surface area contributed by atoms with Crippen molar-refractivity contribution in [3.63, 3.8) is 0 Å². The molecule has 0 spiro atoms. The molecule has 0 bridgehead atoms. The zero-order valence-corrected chi connectivity index (χ0v) is 17.1. The Morgan fingerprint density at radius 3 is 2.79 bits per heavy atom. The van der Waals surface area contributed by atoms with Crippen molar-refractivity contribution in [2.24, 2.45) is 11.3 Å². The smallest absolute Gasteiger partial charge is 0.314 e. The summed E-state index contributed by atoms with van der Waals surface area (Å²) < 4.78 is 11.0. The summed E-state index contributed by atoms with van der Waals surface area (Å²) in [6.45, 7) is 6.72. The van der Waals surface area contributed by atoms with Crippen molar-refractivity contribution in [2.45, 2.75) is 38.6 Å². The fourth-order valence-electron chi connectivity index (χ4n) is 5.26. The number of ether oxygens (including phenoxy) is 2. The third kappa shape index (κ3) is 4.00. The molecule has 0 radical (unpaired) electrons. The minimum absolute atomic E-state index is 0.151. The Morgan fingerprint density at radius 1 is 1.24 bits per heavy atom. The lowest BCUT2D eigenvalue weighted by Gasteiger charge is -2.52. The van der Waals surface area contributed by atoms with E-state index in [9.17, 15) is 9.59 Å². The molecule has 158 valence electrons. The predicted molar refractivity (Wildman–Crippen MR) is 105 cm³/mol. The summed E-state index contributed by atoms with van der Waals surface area (Å²) in [5.74, 6) is -0.0772. The summed E-state index contributed by atoms with van der Waals surface area (Å²) in [6, 6.07) is 0.480. The normalized spacial score (nSPS) is 30.4. The molecule has 1 aromatic rings. The van der Waals surface area contributed by atoms with Gasteiger partial charge < -0.3 is 14.4 Å². The maximum atomic E-state index is 13.1. The highest BCUT2D eigenvalue weighted by atomic mass is 16.5. The van der Waals surface area contributed by atoms with E-state index in [0.717, 1.165) is 52.0 Å². The minimum atomic E-state index is -0.616. The summed E-state index contributed by atoms with van der Waals surface area (Å²) in [5.41, 5.74) is -0.290. The molecule has 0 unspecified atom stereocenters. The quantitative estimate of drug-likeness (QED) is 0.703. The highest BCUT2D eigenvalue weighted by Gasteiger charge is 2.54. The first-order valence-electron chi connectivity index (χ1n) is 10.7. The zero-order chi connectivity index (χ0) is 20.3. The van der Waals surface area contributed by atoms with Gasteiger partial charge in [-0.1, -0.05) is 0 Å². The third-order valence-corrected chi connectivity index (χ3v) is 6.80. The molecule has 3 heterocycles. The van der Waals surface area contributed by atoms with E-state index in [2.05, 4.69) is 14.9 Å². The molecule has 0 N–H and O–H groups in total. The number of fused-ring (bicyclic) bond motifs is 1. The number of hydrogen-bond acceptors (Lipinski definition) is 7. The molecule has 4 rings (SSSR count). The zero-order valence-electron chi connectivity index (χ0n) is 17.1. The fraction of sp³-hybridized carbons (Fsp3) is 0.714. The van der Waals surface area contributed by atoms with Gasteiger partial charge in [-0.3, -0.25) is 19.5 Å². The number of carbonyl (C=O) groups excluding carboxylic acids is 2. The van der Waals surface area contributed by atoms with Crippen LogP contribution in [0.1, 0.15) is 43.1 Å². The Morgan fingerprint density at radius 2 is 2.07 bits per heavy atom. The molecule has 1 amide bonds. The molecular weight excluding hydrogens is 372 g/mol. The van der Waals surface area contributed by atoms with Crippen molar-refractivity contribution in [1.29, 1.82) is 0 Å². The van der Waals surface area contributed by atoms with Gasteiger partial charge in [0.1, 0.15) is 5.69 Å². The standard InChI is InChI=1S/C21H30N4O4/c1-2-29-20(27)21-5-3-17(24-9-11-28-12-10-24)13-16(21)4-8-25(15-21)19(26)18-14-22-6-7-23-18/h6-7,14,16-17H,2-5,8-13,15H2,1H3/t16-,17-,21-/m1/s1. The van der Waals surface area contributed by atoms with Crippen LogP contribution in [-0.4, -0.2) is 83.7 Å². The lowest BCUT2D eigenvalue weighted by Crippen LogP contribution is -2.59. The molecule has 2 saturated heterocycles. The van der Waals surface area contributed by atoms with Gasteiger partial charge in [0.25, 0.3) is 5.91 Å². The van der Waals surface area contributed by atoms with Gasteiger partial charge in [-0.2, -0.15) is 0 Å². The van der Waals surface area contributed by atoms with Gasteiger partial charge in [0, 0.05) is 44.6 Å². The van der Waals surface area contributed by atoms with Crippen LogP contribution in [0, 0.1) is 11.3 Å². The topological polar surface area (TPSA) is 84.9 Å². The molecule has 0 aromatic carbocycles. The average Bonchev–Trinajstić information content (AvgIpc) is 2.79. The number of aromatic nitrogens is 2. The second kappa shape index (κ2) is 8.75. The van der Waals surface area contributed by atoms with E-state index in [4.69, 9.17) is 9.47 Å². The number of amides is 1. The van der Waals surface area contributed by atoms with Gasteiger partial charge in [-0.15, -0.1) is 0 Å². The molecule has 2 aliphatic heterocycles. The maximum absolute atomic E-state index is 13.1.